The Labute approximate surface area is 167 Å². The summed E-state index contributed by atoms with van der Waals surface area (Å²) in [6, 6.07) is 18.5. The molecule has 0 radical (unpaired) electrons. The molecule has 0 bridgehead atoms. The van der Waals surface area contributed by atoms with Crippen molar-refractivity contribution in [3.63, 3.8) is 0 Å². The molecule has 3 aromatic carbocycles. The van der Waals surface area contributed by atoms with Gasteiger partial charge in [-0.3, -0.25) is 4.79 Å². The summed E-state index contributed by atoms with van der Waals surface area (Å²) in [6.45, 7) is 0. The first-order valence-corrected chi connectivity index (χ1v) is 8.77. The van der Waals surface area contributed by atoms with Crippen molar-refractivity contribution in [2.45, 2.75) is 0 Å². The minimum absolute atomic E-state index is 0.0591. The number of hydrogen-bond acceptors (Lipinski definition) is 4. The number of benzene rings is 3. The number of ether oxygens (including phenoxy) is 2. The number of amides is 1. The van der Waals surface area contributed by atoms with Crippen LogP contribution >= 0.6 is 11.6 Å². The normalized spacial score (nSPS) is 11.0. The van der Waals surface area contributed by atoms with E-state index in [-0.39, 0.29) is 5.57 Å². The van der Waals surface area contributed by atoms with E-state index in [9.17, 15) is 10.1 Å². The summed E-state index contributed by atoms with van der Waals surface area (Å²) >= 11 is 6.20. The third-order valence-corrected chi connectivity index (χ3v) is 4.45. The minimum Gasteiger partial charge on any atom is -0.493 e. The molecule has 0 saturated carbocycles. The predicted molar refractivity (Wildman–Crippen MR) is 111 cm³/mol. The fourth-order valence-electron chi connectivity index (χ4n) is 2.86. The number of carbonyl (C=O) groups is 1. The summed E-state index contributed by atoms with van der Waals surface area (Å²) in [5.74, 6) is 0.290. The summed E-state index contributed by atoms with van der Waals surface area (Å²) in [7, 11) is 2.97. The number of nitrogens with zero attached hydrogens (tertiary/aromatic N) is 1. The van der Waals surface area contributed by atoms with Crippen LogP contribution in [0, 0.1) is 11.3 Å². The Bertz CT molecular complexity index is 1110. The van der Waals surface area contributed by atoms with E-state index < -0.39 is 5.91 Å². The SMILES string of the molecule is COc1cc(C=C(C#N)C(=O)Nc2cccc3ccccc23)cc(Cl)c1OC. The number of halogens is 1. The Balaban J connectivity index is 1.94. The Morgan fingerprint density at radius 2 is 1.86 bits per heavy atom. The Hall–Kier alpha value is -3.49. The van der Waals surface area contributed by atoms with Crippen LogP contribution < -0.4 is 14.8 Å². The lowest BCUT2D eigenvalue weighted by molar-refractivity contribution is -0.112. The quantitative estimate of drug-likeness (QED) is 0.486. The van der Waals surface area contributed by atoms with Crippen LogP contribution in [-0.4, -0.2) is 20.1 Å². The molecule has 0 aromatic heterocycles. The van der Waals surface area contributed by atoms with Gasteiger partial charge in [-0.15, -0.1) is 0 Å². The summed E-state index contributed by atoms with van der Waals surface area (Å²) in [6.07, 6.45) is 1.45. The van der Waals surface area contributed by atoms with Gasteiger partial charge >= 0.3 is 0 Å². The van der Waals surface area contributed by atoms with E-state index in [1.165, 1.54) is 20.3 Å². The number of rotatable bonds is 5. The summed E-state index contributed by atoms with van der Waals surface area (Å²) in [4.78, 5) is 12.7. The van der Waals surface area contributed by atoms with Crippen molar-refractivity contribution in [2.24, 2.45) is 0 Å². The predicted octanol–water partition coefficient (Wildman–Crippen LogP) is 5.06. The van der Waals surface area contributed by atoms with E-state index in [1.54, 1.807) is 18.2 Å². The second kappa shape index (κ2) is 8.47. The molecule has 0 heterocycles. The lowest BCUT2D eigenvalue weighted by Gasteiger charge is -2.11. The molecule has 0 atom stereocenters. The summed E-state index contributed by atoms with van der Waals surface area (Å²) in [5.41, 5.74) is 1.12. The molecular weight excluding hydrogens is 376 g/mol. The molecule has 0 aliphatic carbocycles. The van der Waals surface area contributed by atoms with Gasteiger partial charge in [0.25, 0.3) is 5.91 Å². The van der Waals surface area contributed by atoms with Gasteiger partial charge in [0, 0.05) is 11.1 Å². The van der Waals surface area contributed by atoms with Crippen LogP contribution in [0.1, 0.15) is 5.56 Å². The molecule has 6 heteroatoms. The highest BCUT2D eigenvalue weighted by atomic mass is 35.5. The van der Waals surface area contributed by atoms with Crippen molar-refractivity contribution < 1.29 is 14.3 Å². The van der Waals surface area contributed by atoms with E-state index in [0.29, 0.717) is 27.8 Å². The molecule has 28 heavy (non-hydrogen) atoms. The van der Waals surface area contributed by atoms with Gasteiger partial charge in [-0.2, -0.15) is 5.26 Å². The van der Waals surface area contributed by atoms with Gasteiger partial charge in [0.1, 0.15) is 11.6 Å². The maximum Gasteiger partial charge on any atom is 0.266 e. The highest BCUT2D eigenvalue weighted by Gasteiger charge is 2.14. The van der Waals surface area contributed by atoms with Gasteiger partial charge in [0.2, 0.25) is 0 Å². The van der Waals surface area contributed by atoms with Crippen LogP contribution in [-0.2, 0) is 4.79 Å². The number of methoxy groups -OCH3 is 2. The molecule has 140 valence electrons. The van der Waals surface area contributed by atoms with Gasteiger partial charge in [-0.25, -0.2) is 0 Å². The minimum atomic E-state index is -0.509. The summed E-state index contributed by atoms with van der Waals surface area (Å²) in [5, 5.41) is 14.5. The standard InChI is InChI=1S/C22H17ClN2O3/c1-27-20-12-14(11-18(23)21(20)28-2)10-16(13-24)22(26)25-19-9-5-7-15-6-3-4-8-17(15)19/h3-12H,1-2H3,(H,25,26). The van der Waals surface area contributed by atoms with Crippen LogP contribution in [0.4, 0.5) is 5.69 Å². The highest BCUT2D eigenvalue weighted by Crippen LogP contribution is 2.36. The average Bonchev–Trinajstić information content (AvgIpc) is 2.71. The number of fused-ring (bicyclic) bond motifs is 1. The molecule has 0 aliphatic rings. The topological polar surface area (TPSA) is 71.3 Å². The van der Waals surface area contributed by atoms with Gasteiger partial charge in [0.05, 0.1) is 19.2 Å². The molecule has 0 saturated heterocycles. The molecule has 0 unspecified atom stereocenters. The fraction of sp³-hybridized carbons (Fsp3) is 0.0909. The number of hydrogen-bond donors (Lipinski definition) is 1. The maximum absolute atomic E-state index is 12.7. The van der Waals surface area contributed by atoms with Crippen LogP contribution in [0.25, 0.3) is 16.8 Å². The van der Waals surface area contributed by atoms with Crippen LogP contribution in [0.5, 0.6) is 11.5 Å². The molecule has 1 amide bonds. The van der Waals surface area contributed by atoms with Crippen LogP contribution in [0.15, 0.2) is 60.2 Å². The van der Waals surface area contributed by atoms with Crippen molar-refractivity contribution in [2.75, 3.05) is 19.5 Å². The zero-order valence-electron chi connectivity index (χ0n) is 15.3. The van der Waals surface area contributed by atoms with E-state index in [1.807, 2.05) is 42.5 Å². The highest BCUT2D eigenvalue weighted by molar-refractivity contribution is 6.32. The van der Waals surface area contributed by atoms with Crippen LogP contribution in [0.2, 0.25) is 5.02 Å². The molecule has 0 aliphatic heterocycles. The van der Waals surface area contributed by atoms with Crippen molar-refractivity contribution in [3.05, 3.63) is 70.8 Å². The van der Waals surface area contributed by atoms with E-state index in [0.717, 1.165) is 10.8 Å². The maximum atomic E-state index is 12.7. The van der Waals surface area contributed by atoms with Crippen molar-refractivity contribution in [1.29, 1.82) is 5.26 Å². The lowest BCUT2D eigenvalue weighted by Crippen LogP contribution is -2.13. The van der Waals surface area contributed by atoms with E-state index in [2.05, 4.69) is 5.32 Å². The van der Waals surface area contributed by atoms with Gasteiger partial charge in [-0.1, -0.05) is 48.0 Å². The van der Waals surface area contributed by atoms with E-state index in [4.69, 9.17) is 21.1 Å². The number of anilines is 1. The zero-order chi connectivity index (χ0) is 20.1. The average molecular weight is 393 g/mol. The Morgan fingerprint density at radius 1 is 1.11 bits per heavy atom. The second-order valence-corrected chi connectivity index (χ2v) is 6.30. The Kier molecular flexibility index (Phi) is 5.83. The number of carbonyl (C=O) groups excluding carboxylic acids is 1. The van der Waals surface area contributed by atoms with Gasteiger partial charge in [0.15, 0.2) is 11.5 Å². The summed E-state index contributed by atoms with van der Waals surface area (Å²) < 4.78 is 10.5. The Morgan fingerprint density at radius 3 is 2.57 bits per heavy atom. The van der Waals surface area contributed by atoms with E-state index >= 15 is 0 Å². The number of nitrogens with one attached hydrogen (secondary N) is 1. The number of nitriles is 1. The van der Waals surface area contributed by atoms with Crippen molar-refractivity contribution in [1.82, 2.24) is 0 Å². The molecule has 1 N–H and O–H groups in total. The molecule has 5 nitrogen and oxygen atoms in total. The third-order valence-electron chi connectivity index (χ3n) is 4.17. The molecule has 0 spiro atoms. The second-order valence-electron chi connectivity index (χ2n) is 5.89. The van der Waals surface area contributed by atoms with Gasteiger partial charge < -0.3 is 14.8 Å². The van der Waals surface area contributed by atoms with Gasteiger partial charge in [-0.05, 0) is 35.2 Å². The fourth-order valence-corrected chi connectivity index (χ4v) is 3.16. The zero-order valence-corrected chi connectivity index (χ0v) is 16.1. The largest absolute Gasteiger partial charge is 0.493 e. The first-order chi connectivity index (χ1) is 13.6. The smallest absolute Gasteiger partial charge is 0.266 e. The molecular formula is C22H17ClN2O3. The van der Waals surface area contributed by atoms with Crippen LogP contribution in [0.3, 0.4) is 0 Å². The first-order valence-electron chi connectivity index (χ1n) is 8.39. The molecule has 3 rings (SSSR count). The van der Waals surface area contributed by atoms with Crippen molar-refractivity contribution in [3.8, 4) is 17.6 Å². The first kappa shape index (κ1) is 19.3. The molecule has 0 fully saturated rings. The lowest BCUT2D eigenvalue weighted by atomic mass is 10.1. The van der Waals surface area contributed by atoms with Crippen molar-refractivity contribution >= 4 is 40.0 Å². The molecule has 3 aromatic rings. The monoisotopic (exact) mass is 392 g/mol. The third kappa shape index (κ3) is 3.93.